The topological polar surface area (TPSA) is 121 Å². The third kappa shape index (κ3) is 3.09. The number of fused-ring (bicyclic) bond motifs is 1. The zero-order valence-corrected chi connectivity index (χ0v) is 12.4. The number of nitro groups is 1. The van der Waals surface area contributed by atoms with Crippen molar-refractivity contribution in [2.24, 2.45) is 5.73 Å². The van der Waals surface area contributed by atoms with E-state index < -0.39 is 33.8 Å². The normalized spacial score (nSPS) is 10.8. The number of nitrogens with two attached hydrogens (primary N) is 1. The number of hydrogen-bond acceptors (Lipinski definition) is 6. The average molecular weight is 349 g/mol. The number of hydrogen-bond donors (Lipinski definition) is 1. The lowest BCUT2D eigenvalue weighted by molar-refractivity contribution is -0.384. The Morgan fingerprint density at radius 2 is 2.08 bits per heavy atom. The van der Waals surface area contributed by atoms with Crippen LogP contribution in [0.25, 0.3) is 11.1 Å². The van der Waals surface area contributed by atoms with E-state index in [1.807, 2.05) is 0 Å². The van der Waals surface area contributed by atoms with E-state index in [0.29, 0.717) is 0 Å². The SMILES string of the molecule is NC(=O)c1c(F)ccc(OCc2nc3cc([N+](=O)[O-])ccc3o2)c1F. The first-order valence-corrected chi connectivity index (χ1v) is 6.81. The first-order valence-electron chi connectivity index (χ1n) is 6.81. The number of nitrogens with zero attached hydrogens (tertiary/aromatic N) is 2. The number of oxazole rings is 1. The van der Waals surface area contributed by atoms with Gasteiger partial charge < -0.3 is 14.9 Å². The van der Waals surface area contributed by atoms with Crippen LogP contribution >= 0.6 is 0 Å². The van der Waals surface area contributed by atoms with Crippen LogP contribution in [-0.2, 0) is 6.61 Å². The van der Waals surface area contributed by atoms with Crippen molar-refractivity contribution in [3.8, 4) is 5.75 Å². The number of carbonyl (C=O) groups is 1. The minimum absolute atomic E-state index is 0.0137. The van der Waals surface area contributed by atoms with Crippen molar-refractivity contribution >= 4 is 22.7 Å². The molecule has 0 aliphatic heterocycles. The van der Waals surface area contributed by atoms with E-state index in [4.69, 9.17) is 14.9 Å². The molecule has 8 nitrogen and oxygen atoms in total. The lowest BCUT2D eigenvalue weighted by atomic mass is 10.1. The maximum atomic E-state index is 14.0. The van der Waals surface area contributed by atoms with Gasteiger partial charge in [0.2, 0.25) is 5.89 Å². The van der Waals surface area contributed by atoms with Gasteiger partial charge in [-0.25, -0.2) is 13.8 Å². The number of aromatic nitrogens is 1. The lowest BCUT2D eigenvalue weighted by Crippen LogP contribution is -2.16. The van der Waals surface area contributed by atoms with E-state index in [0.717, 1.165) is 12.1 Å². The van der Waals surface area contributed by atoms with Crippen LogP contribution in [0.15, 0.2) is 34.7 Å². The predicted octanol–water partition coefficient (Wildman–Crippen LogP) is 2.69. The van der Waals surface area contributed by atoms with Gasteiger partial charge in [-0.2, -0.15) is 0 Å². The van der Waals surface area contributed by atoms with Crippen molar-refractivity contribution in [1.82, 2.24) is 4.98 Å². The number of non-ortho nitro benzene ring substituents is 1. The van der Waals surface area contributed by atoms with Crippen LogP contribution in [0.2, 0.25) is 0 Å². The highest BCUT2D eigenvalue weighted by molar-refractivity contribution is 5.93. The smallest absolute Gasteiger partial charge is 0.271 e. The van der Waals surface area contributed by atoms with Crippen LogP contribution in [0.3, 0.4) is 0 Å². The summed E-state index contributed by atoms with van der Waals surface area (Å²) in [5.74, 6) is -4.01. The molecule has 1 heterocycles. The van der Waals surface area contributed by atoms with Gasteiger partial charge in [0.05, 0.1) is 4.92 Å². The molecule has 0 bridgehead atoms. The molecule has 0 spiro atoms. The van der Waals surface area contributed by atoms with Gasteiger partial charge in [-0.05, 0) is 18.2 Å². The molecule has 25 heavy (non-hydrogen) atoms. The molecular weight excluding hydrogens is 340 g/mol. The number of halogens is 2. The fraction of sp³-hybridized carbons (Fsp3) is 0.0667. The maximum Gasteiger partial charge on any atom is 0.271 e. The van der Waals surface area contributed by atoms with Gasteiger partial charge in [-0.15, -0.1) is 0 Å². The lowest BCUT2D eigenvalue weighted by Gasteiger charge is -2.07. The van der Waals surface area contributed by atoms with Gasteiger partial charge in [-0.1, -0.05) is 0 Å². The largest absolute Gasteiger partial charge is 0.481 e. The maximum absolute atomic E-state index is 14.0. The number of benzene rings is 2. The molecule has 10 heteroatoms. The molecule has 128 valence electrons. The van der Waals surface area contributed by atoms with Crippen molar-refractivity contribution < 1.29 is 27.7 Å². The molecule has 3 rings (SSSR count). The summed E-state index contributed by atoms with van der Waals surface area (Å²) >= 11 is 0. The fourth-order valence-electron chi connectivity index (χ4n) is 2.15. The van der Waals surface area contributed by atoms with Gasteiger partial charge in [-0.3, -0.25) is 14.9 Å². The molecule has 0 saturated carbocycles. The van der Waals surface area contributed by atoms with E-state index in [9.17, 15) is 23.7 Å². The van der Waals surface area contributed by atoms with Gasteiger partial charge >= 0.3 is 0 Å². The summed E-state index contributed by atoms with van der Waals surface area (Å²) in [7, 11) is 0. The summed E-state index contributed by atoms with van der Waals surface area (Å²) in [5.41, 5.74) is 4.35. The number of ether oxygens (including phenoxy) is 1. The second-order valence-electron chi connectivity index (χ2n) is 4.90. The summed E-state index contributed by atoms with van der Waals surface area (Å²) in [6, 6.07) is 5.66. The van der Waals surface area contributed by atoms with Crippen LogP contribution < -0.4 is 10.5 Å². The number of carbonyl (C=O) groups excluding carboxylic acids is 1. The predicted molar refractivity (Wildman–Crippen MR) is 79.9 cm³/mol. The Hall–Kier alpha value is -3.56. The molecule has 3 aromatic rings. The second kappa shape index (κ2) is 6.15. The minimum atomic E-state index is -1.27. The van der Waals surface area contributed by atoms with Crippen molar-refractivity contribution in [2.75, 3.05) is 0 Å². The molecule has 0 atom stereocenters. The van der Waals surface area contributed by atoms with Gasteiger partial charge in [0.1, 0.15) is 16.9 Å². The number of primary amides is 1. The fourth-order valence-corrected chi connectivity index (χ4v) is 2.15. The summed E-state index contributed by atoms with van der Waals surface area (Å²) in [6.07, 6.45) is 0. The Bertz CT molecular complexity index is 1000. The first-order chi connectivity index (χ1) is 11.9. The van der Waals surface area contributed by atoms with Crippen molar-refractivity contribution in [3.63, 3.8) is 0 Å². The molecular formula is C15H9F2N3O5. The van der Waals surface area contributed by atoms with Crippen LogP contribution in [0.5, 0.6) is 5.75 Å². The number of amides is 1. The van der Waals surface area contributed by atoms with E-state index in [1.165, 1.54) is 18.2 Å². The Balaban J connectivity index is 1.84. The molecule has 0 aliphatic carbocycles. The monoisotopic (exact) mass is 349 g/mol. The molecule has 0 radical (unpaired) electrons. The van der Waals surface area contributed by atoms with Crippen LogP contribution in [0.4, 0.5) is 14.5 Å². The molecule has 1 aromatic heterocycles. The highest BCUT2D eigenvalue weighted by Crippen LogP contribution is 2.25. The molecule has 2 aromatic carbocycles. The summed E-state index contributed by atoms with van der Waals surface area (Å²) in [4.78, 5) is 25.2. The Labute approximate surface area is 138 Å². The molecule has 2 N–H and O–H groups in total. The first kappa shape index (κ1) is 16.3. The van der Waals surface area contributed by atoms with Gasteiger partial charge in [0.25, 0.3) is 11.6 Å². The minimum Gasteiger partial charge on any atom is -0.481 e. The molecule has 0 fully saturated rings. The number of rotatable bonds is 5. The van der Waals surface area contributed by atoms with Crippen molar-refractivity contribution in [1.29, 1.82) is 0 Å². The third-order valence-electron chi connectivity index (χ3n) is 3.28. The summed E-state index contributed by atoms with van der Waals surface area (Å²) in [5, 5.41) is 10.7. The van der Waals surface area contributed by atoms with E-state index in [1.54, 1.807) is 0 Å². The quantitative estimate of drug-likeness (QED) is 0.558. The molecule has 0 unspecified atom stereocenters. The Morgan fingerprint density at radius 3 is 2.76 bits per heavy atom. The molecule has 1 amide bonds. The van der Waals surface area contributed by atoms with Crippen molar-refractivity contribution in [3.05, 3.63) is 63.5 Å². The van der Waals surface area contributed by atoms with E-state index in [-0.39, 0.29) is 29.3 Å². The Kier molecular flexibility index (Phi) is 4.01. The summed E-state index contributed by atoms with van der Waals surface area (Å²) in [6.45, 7) is -0.344. The van der Waals surface area contributed by atoms with Crippen LogP contribution in [0.1, 0.15) is 16.2 Å². The molecule has 0 saturated heterocycles. The van der Waals surface area contributed by atoms with E-state index in [2.05, 4.69) is 4.98 Å². The Morgan fingerprint density at radius 1 is 1.32 bits per heavy atom. The molecule has 0 aliphatic rings. The highest BCUT2D eigenvalue weighted by atomic mass is 19.1. The standard InChI is InChI=1S/C15H9F2N3O5/c16-8-2-4-11(14(17)13(8)15(18)21)24-6-12-19-9-5-7(20(22)23)1-3-10(9)25-12/h1-5H,6H2,(H2,18,21). The van der Waals surface area contributed by atoms with Crippen LogP contribution in [0, 0.1) is 21.7 Å². The number of nitro benzene ring substituents is 1. The summed E-state index contributed by atoms with van der Waals surface area (Å²) < 4.78 is 37.9. The zero-order valence-electron chi connectivity index (χ0n) is 12.4. The average Bonchev–Trinajstić information content (AvgIpc) is 2.95. The van der Waals surface area contributed by atoms with Crippen molar-refractivity contribution in [2.45, 2.75) is 6.61 Å². The van der Waals surface area contributed by atoms with Crippen LogP contribution in [-0.4, -0.2) is 15.8 Å². The highest BCUT2D eigenvalue weighted by Gasteiger charge is 2.20. The third-order valence-corrected chi connectivity index (χ3v) is 3.28. The second-order valence-corrected chi connectivity index (χ2v) is 4.90. The van der Waals surface area contributed by atoms with Gasteiger partial charge in [0.15, 0.2) is 23.8 Å². The van der Waals surface area contributed by atoms with Gasteiger partial charge in [0, 0.05) is 12.1 Å². The van der Waals surface area contributed by atoms with E-state index >= 15 is 0 Å². The zero-order chi connectivity index (χ0) is 18.1.